The van der Waals surface area contributed by atoms with E-state index in [0.29, 0.717) is 17.0 Å². The number of rotatable bonds is 7. The summed E-state index contributed by atoms with van der Waals surface area (Å²) in [6, 6.07) is 16.6. The summed E-state index contributed by atoms with van der Waals surface area (Å²) < 4.78 is 46.0. The van der Waals surface area contributed by atoms with Crippen molar-refractivity contribution in [3.05, 3.63) is 89.2 Å². The smallest absolute Gasteiger partial charge is 0.261 e. The van der Waals surface area contributed by atoms with Crippen molar-refractivity contribution in [1.82, 2.24) is 5.32 Å². The number of nitrogens with one attached hydrogen (secondary N) is 2. The summed E-state index contributed by atoms with van der Waals surface area (Å²) in [5, 5.41) is 2.73. The Hall–Kier alpha value is -3.39. The first kappa shape index (κ1) is 21.3. The van der Waals surface area contributed by atoms with Crippen LogP contribution in [-0.2, 0) is 16.6 Å². The van der Waals surface area contributed by atoms with E-state index in [9.17, 15) is 17.6 Å². The molecule has 0 heterocycles. The van der Waals surface area contributed by atoms with Crippen LogP contribution < -0.4 is 14.8 Å². The zero-order valence-electron chi connectivity index (χ0n) is 16.5. The number of anilines is 1. The van der Waals surface area contributed by atoms with Crippen molar-refractivity contribution >= 4 is 21.6 Å². The number of carbonyl (C=O) groups is 1. The Kier molecular flexibility index (Phi) is 6.37. The number of halogens is 1. The Morgan fingerprint density at radius 1 is 1.00 bits per heavy atom. The third-order valence-electron chi connectivity index (χ3n) is 4.47. The van der Waals surface area contributed by atoms with E-state index >= 15 is 0 Å². The maximum absolute atomic E-state index is 13.0. The van der Waals surface area contributed by atoms with Gasteiger partial charge in [-0.25, -0.2) is 12.8 Å². The molecule has 0 aliphatic rings. The van der Waals surface area contributed by atoms with Crippen LogP contribution in [0.2, 0.25) is 0 Å². The van der Waals surface area contributed by atoms with Gasteiger partial charge >= 0.3 is 0 Å². The molecule has 3 aromatic rings. The van der Waals surface area contributed by atoms with Crippen molar-refractivity contribution < 1.29 is 22.3 Å². The molecule has 30 heavy (non-hydrogen) atoms. The highest BCUT2D eigenvalue weighted by Gasteiger charge is 2.18. The highest BCUT2D eigenvalue weighted by molar-refractivity contribution is 7.92. The van der Waals surface area contributed by atoms with Gasteiger partial charge in [0.05, 0.1) is 12.0 Å². The van der Waals surface area contributed by atoms with E-state index in [1.165, 1.54) is 31.4 Å². The van der Waals surface area contributed by atoms with Crippen LogP contribution in [0.5, 0.6) is 5.75 Å². The molecule has 8 heteroatoms. The topological polar surface area (TPSA) is 84.5 Å². The molecule has 1 amide bonds. The Morgan fingerprint density at radius 3 is 2.30 bits per heavy atom. The minimum absolute atomic E-state index is 0.0316. The van der Waals surface area contributed by atoms with Gasteiger partial charge in [0.2, 0.25) is 0 Å². The van der Waals surface area contributed by atoms with Gasteiger partial charge < -0.3 is 10.1 Å². The van der Waals surface area contributed by atoms with Gasteiger partial charge in [0.25, 0.3) is 15.9 Å². The van der Waals surface area contributed by atoms with Gasteiger partial charge in [0.1, 0.15) is 11.6 Å². The largest absolute Gasteiger partial charge is 0.497 e. The molecule has 2 N–H and O–H groups in total. The van der Waals surface area contributed by atoms with Gasteiger partial charge in [-0.1, -0.05) is 18.2 Å². The van der Waals surface area contributed by atoms with Gasteiger partial charge in [0.15, 0.2) is 0 Å². The molecule has 0 saturated heterocycles. The fraction of sp³-hybridized carbons (Fsp3) is 0.136. The fourth-order valence-corrected chi connectivity index (χ4v) is 3.85. The van der Waals surface area contributed by atoms with Crippen molar-refractivity contribution in [3.63, 3.8) is 0 Å². The lowest BCUT2D eigenvalue weighted by Crippen LogP contribution is -2.24. The van der Waals surface area contributed by atoms with E-state index in [1.54, 1.807) is 49.4 Å². The lowest BCUT2D eigenvalue weighted by atomic mass is 10.1. The number of hydrogen-bond acceptors (Lipinski definition) is 4. The quantitative estimate of drug-likeness (QED) is 0.598. The van der Waals surface area contributed by atoms with Gasteiger partial charge in [-0.2, -0.15) is 0 Å². The van der Waals surface area contributed by atoms with Crippen LogP contribution in [0.1, 0.15) is 21.5 Å². The maximum atomic E-state index is 13.0. The second kappa shape index (κ2) is 8.96. The summed E-state index contributed by atoms with van der Waals surface area (Å²) >= 11 is 0. The minimum Gasteiger partial charge on any atom is -0.497 e. The lowest BCUT2D eigenvalue weighted by Gasteiger charge is -2.12. The van der Waals surface area contributed by atoms with Crippen LogP contribution in [0.25, 0.3) is 0 Å². The molecule has 3 aromatic carbocycles. The molecule has 0 unspecified atom stereocenters. The second-order valence-corrected chi connectivity index (χ2v) is 8.30. The summed E-state index contributed by atoms with van der Waals surface area (Å²) in [6.07, 6.45) is 0. The summed E-state index contributed by atoms with van der Waals surface area (Å²) in [5.74, 6) is -0.171. The Labute approximate surface area is 174 Å². The van der Waals surface area contributed by atoms with Crippen LogP contribution >= 0.6 is 0 Å². The molecule has 156 valence electrons. The van der Waals surface area contributed by atoms with Crippen molar-refractivity contribution in [3.8, 4) is 5.75 Å². The van der Waals surface area contributed by atoms with E-state index in [0.717, 1.165) is 5.56 Å². The molecule has 6 nitrogen and oxygen atoms in total. The number of methoxy groups -OCH3 is 1. The molecule has 0 spiro atoms. The average Bonchev–Trinajstić information content (AvgIpc) is 2.73. The highest BCUT2D eigenvalue weighted by Crippen LogP contribution is 2.21. The van der Waals surface area contributed by atoms with Crippen molar-refractivity contribution in [2.45, 2.75) is 18.4 Å². The SMILES string of the molecule is COc1ccc(NS(=O)(=O)c2ccc(C)c(C(=O)NCc3ccc(F)cc3)c2)cc1. The normalized spacial score (nSPS) is 11.0. The zero-order valence-corrected chi connectivity index (χ0v) is 17.3. The highest BCUT2D eigenvalue weighted by atomic mass is 32.2. The van der Waals surface area contributed by atoms with Crippen LogP contribution in [-0.4, -0.2) is 21.4 Å². The van der Waals surface area contributed by atoms with E-state index in [4.69, 9.17) is 4.74 Å². The molecule has 0 aromatic heterocycles. The third kappa shape index (κ3) is 5.15. The predicted molar refractivity (Wildman–Crippen MR) is 113 cm³/mol. The van der Waals surface area contributed by atoms with Crippen LogP contribution in [0.15, 0.2) is 71.6 Å². The first-order valence-corrected chi connectivity index (χ1v) is 10.6. The van der Waals surface area contributed by atoms with E-state index in [2.05, 4.69) is 10.0 Å². The molecule has 0 atom stereocenters. The predicted octanol–water partition coefficient (Wildman–Crippen LogP) is 3.87. The first-order valence-electron chi connectivity index (χ1n) is 9.08. The van der Waals surface area contributed by atoms with Crippen molar-refractivity contribution in [2.24, 2.45) is 0 Å². The summed E-state index contributed by atoms with van der Waals surface area (Å²) in [6.45, 7) is 1.92. The van der Waals surface area contributed by atoms with E-state index < -0.39 is 15.9 Å². The van der Waals surface area contributed by atoms with Crippen LogP contribution in [0.4, 0.5) is 10.1 Å². The molecule has 0 aliphatic heterocycles. The van der Waals surface area contributed by atoms with E-state index in [-0.39, 0.29) is 22.8 Å². The number of carbonyl (C=O) groups excluding carboxylic acids is 1. The second-order valence-electron chi connectivity index (χ2n) is 6.62. The van der Waals surface area contributed by atoms with Crippen molar-refractivity contribution in [1.29, 1.82) is 0 Å². The number of benzene rings is 3. The van der Waals surface area contributed by atoms with Gasteiger partial charge in [-0.05, 0) is 66.6 Å². The lowest BCUT2D eigenvalue weighted by molar-refractivity contribution is 0.0950. The molecule has 0 saturated carbocycles. The molecule has 0 radical (unpaired) electrons. The standard InChI is InChI=1S/C22H21FN2O4S/c1-15-3-12-20(30(27,28)25-18-8-10-19(29-2)11-9-18)13-21(15)22(26)24-14-16-4-6-17(23)7-5-16/h3-13,25H,14H2,1-2H3,(H,24,26). The Morgan fingerprint density at radius 2 is 1.67 bits per heavy atom. The number of hydrogen-bond donors (Lipinski definition) is 2. The number of aryl methyl sites for hydroxylation is 1. The van der Waals surface area contributed by atoms with Gasteiger partial charge in [-0.15, -0.1) is 0 Å². The molecule has 0 fully saturated rings. The number of sulfonamides is 1. The Bertz CT molecular complexity index is 1140. The zero-order chi connectivity index (χ0) is 21.7. The molecular weight excluding hydrogens is 407 g/mol. The molecule has 3 rings (SSSR count). The fourth-order valence-electron chi connectivity index (χ4n) is 2.77. The van der Waals surface area contributed by atoms with E-state index in [1.807, 2.05) is 0 Å². The van der Waals surface area contributed by atoms with Crippen molar-refractivity contribution in [2.75, 3.05) is 11.8 Å². The molecular formula is C22H21FN2O4S. The number of ether oxygens (including phenoxy) is 1. The van der Waals surface area contributed by atoms with Gasteiger partial charge in [-0.3, -0.25) is 9.52 Å². The van der Waals surface area contributed by atoms with Crippen LogP contribution in [0.3, 0.4) is 0 Å². The summed E-state index contributed by atoms with van der Waals surface area (Å²) in [7, 11) is -2.37. The summed E-state index contributed by atoms with van der Waals surface area (Å²) in [4.78, 5) is 12.6. The minimum atomic E-state index is -3.89. The van der Waals surface area contributed by atoms with Crippen LogP contribution in [0, 0.1) is 12.7 Å². The molecule has 0 aliphatic carbocycles. The number of amides is 1. The van der Waals surface area contributed by atoms with Gasteiger partial charge in [0, 0.05) is 17.8 Å². The first-order chi connectivity index (χ1) is 14.3. The summed E-state index contributed by atoms with van der Waals surface area (Å²) in [5.41, 5.74) is 1.98. The third-order valence-corrected chi connectivity index (χ3v) is 5.85. The Balaban J connectivity index is 1.77. The molecule has 0 bridgehead atoms. The average molecular weight is 428 g/mol. The maximum Gasteiger partial charge on any atom is 0.261 e. The monoisotopic (exact) mass is 428 g/mol.